The predicted molar refractivity (Wildman–Crippen MR) is 57.6 cm³/mol. The van der Waals surface area contributed by atoms with Crippen molar-refractivity contribution >= 4 is 0 Å². The summed E-state index contributed by atoms with van der Waals surface area (Å²) in [6.45, 7) is 0. The molecule has 15 heavy (non-hydrogen) atoms. The monoisotopic (exact) mass is 213 g/mol. The van der Waals surface area contributed by atoms with Crippen molar-refractivity contribution in [2.24, 2.45) is 7.05 Å². The molecule has 0 radical (unpaired) electrons. The van der Waals surface area contributed by atoms with E-state index in [0.717, 1.165) is 12.2 Å². The van der Waals surface area contributed by atoms with Crippen molar-refractivity contribution in [1.82, 2.24) is 14.9 Å². The average Bonchev–Trinajstić information content (AvgIpc) is 2.64. The zero-order valence-corrected chi connectivity index (χ0v) is 9.73. The number of methoxy groups -OCH3 is 2. The topological polar surface area (TPSA) is 48.3 Å². The fourth-order valence-electron chi connectivity index (χ4n) is 1.55. The molecule has 0 aliphatic heterocycles. The average molecular weight is 213 g/mol. The molecule has 0 amide bonds. The number of nitrogens with one attached hydrogen (secondary N) is 1. The SMILES string of the molecule is CNC(Cc1nccn1C)C(OC)OC. The lowest BCUT2D eigenvalue weighted by atomic mass is 10.2. The van der Waals surface area contributed by atoms with Crippen LogP contribution in [-0.2, 0) is 22.9 Å². The van der Waals surface area contributed by atoms with E-state index < -0.39 is 0 Å². The second kappa shape index (κ2) is 5.85. The fourth-order valence-corrected chi connectivity index (χ4v) is 1.55. The minimum absolute atomic E-state index is 0.0982. The van der Waals surface area contributed by atoms with Gasteiger partial charge in [-0.25, -0.2) is 4.98 Å². The summed E-state index contributed by atoms with van der Waals surface area (Å²) >= 11 is 0. The molecule has 1 atom stereocenters. The van der Waals surface area contributed by atoms with Crippen LogP contribution in [0.3, 0.4) is 0 Å². The first kappa shape index (κ1) is 12.2. The lowest BCUT2D eigenvalue weighted by molar-refractivity contribution is -0.121. The van der Waals surface area contributed by atoms with Crippen molar-refractivity contribution in [2.45, 2.75) is 18.8 Å². The Morgan fingerprint density at radius 1 is 1.47 bits per heavy atom. The smallest absolute Gasteiger partial charge is 0.172 e. The van der Waals surface area contributed by atoms with Gasteiger partial charge in [-0.1, -0.05) is 0 Å². The van der Waals surface area contributed by atoms with Crippen LogP contribution in [0.5, 0.6) is 0 Å². The van der Waals surface area contributed by atoms with Crippen molar-refractivity contribution in [2.75, 3.05) is 21.3 Å². The van der Waals surface area contributed by atoms with Gasteiger partial charge in [0.25, 0.3) is 0 Å². The Balaban J connectivity index is 2.64. The van der Waals surface area contributed by atoms with Gasteiger partial charge in [0.1, 0.15) is 5.82 Å². The number of aromatic nitrogens is 2. The summed E-state index contributed by atoms with van der Waals surface area (Å²) in [6, 6.07) is 0.0982. The zero-order chi connectivity index (χ0) is 11.3. The number of hydrogen-bond acceptors (Lipinski definition) is 4. The normalized spacial score (nSPS) is 13.4. The first-order valence-corrected chi connectivity index (χ1v) is 4.92. The number of rotatable bonds is 6. The third-order valence-electron chi connectivity index (χ3n) is 2.49. The van der Waals surface area contributed by atoms with Crippen molar-refractivity contribution in [1.29, 1.82) is 0 Å². The molecule has 5 nitrogen and oxygen atoms in total. The molecule has 0 saturated heterocycles. The molecule has 0 saturated carbocycles. The Kier molecular flexibility index (Phi) is 4.74. The molecular formula is C10H19N3O2. The van der Waals surface area contributed by atoms with Crippen LogP contribution in [0, 0.1) is 0 Å². The highest BCUT2D eigenvalue weighted by molar-refractivity contribution is 4.95. The Morgan fingerprint density at radius 3 is 2.53 bits per heavy atom. The molecule has 0 bridgehead atoms. The summed E-state index contributed by atoms with van der Waals surface area (Å²) in [5.41, 5.74) is 0. The Bertz CT molecular complexity index is 284. The van der Waals surface area contributed by atoms with Gasteiger partial charge >= 0.3 is 0 Å². The number of nitrogens with zero attached hydrogens (tertiary/aromatic N) is 2. The molecule has 0 aromatic carbocycles. The highest BCUT2D eigenvalue weighted by Gasteiger charge is 2.20. The van der Waals surface area contributed by atoms with E-state index >= 15 is 0 Å². The Labute approximate surface area is 90.4 Å². The minimum atomic E-state index is -0.258. The van der Waals surface area contributed by atoms with E-state index in [2.05, 4.69) is 10.3 Å². The van der Waals surface area contributed by atoms with Gasteiger partial charge in [0.15, 0.2) is 6.29 Å². The van der Waals surface area contributed by atoms with Gasteiger partial charge in [0.2, 0.25) is 0 Å². The van der Waals surface area contributed by atoms with Crippen LogP contribution in [0.25, 0.3) is 0 Å². The molecule has 0 fully saturated rings. The van der Waals surface area contributed by atoms with E-state index in [1.807, 2.05) is 24.9 Å². The van der Waals surface area contributed by atoms with E-state index in [-0.39, 0.29) is 12.3 Å². The predicted octanol–water partition coefficient (Wildman–Crippen LogP) is 0.169. The van der Waals surface area contributed by atoms with Crippen LogP contribution < -0.4 is 5.32 Å². The molecule has 1 aromatic heterocycles. The lowest BCUT2D eigenvalue weighted by Gasteiger charge is -2.23. The van der Waals surface area contributed by atoms with Crippen LogP contribution in [-0.4, -0.2) is 43.2 Å². The van der Waals surface area contributed by atoms with Crippen LogP contribution in [0.2, 0.25) is 0 Å². The standard InChI is InChI=1S/C10H19N3O2/c1-11-8(10(14-3)15-4)7-9-12-5-6-13(9)2/h5-6,8,10-11H,7H2,1-4H3. The molecule has 1 aromatic rings. The number of aryl methyl sites for hydroxylation is 1. The van der Waals surface area contributed by atoms with Crippen molar-refractivity contribution in [3.8, 4) is 0 Å². The maximum Gasteiger partial charge on any atom is 0.172 e. The second-order valence-corrected chi connectivity index (χ2v) is 3.39. The second-order valence-electron chi connectivity index (χ2n) is 3.39. The summed E-state index contributed by atoms with van der Waals surface area (Å²) < 4.78 is 12.4. The lowest BCUT2D eigenvalue weighted by Crippen LogP contribution is -2.42. The van der Waals surface area contributed by atoms with Gasteiger partial charge < -0.3 is 19.4 Å². The van der Waals surface area contributed by atoms with Gasteiger partial charge in [-0.15, -0.1) is 0 Å². The molecule has 0 aliphatic carbocycles. The number of likely N-dealkylation sites (N-methyl/N-ethyl adjacent to an activating group) is 1. The summed E-state index contributed by atoms with van der Waals surface area (Å²) in [5, 5.41) is 3.17. The van der Waals surface area contributed by atoms with Gasteiger partial charge in [-0.05, 0) is 7.05 Å². The van der Waals surface area contributed by atoms with Gasteiger partial charge in [-0.3, -0.25) is 0 Å². The maximum atomic E-state index is 5.22. The zero-order valence-electron chi connectivity index (χ0n) is 9.73. The molecule has 0 spiro atoms. The van der Waals surface area contributed by atoms with Crippen LogP contribution >= 0.6 is 0 Å². The van der Waals surface area contributed by atoms with E-state index in [9.17, 15) is 0 Å². The molecule has 0 aliphatic rings. The Morgan fingerprint density at radius 2 is 2.13 bits per heavy atom. The van der Waals surface area contributed by atoms with E-state index in [4.69, 9.17) is 9.47 Å². The summed E-state index contributed by atoms with van der Waals surface area (Å²) in [7, 11) is 7.14. The minimum Gasteiger partial charge on any atom is -0.354 e. The highest BCUT2D eigenvalue weighted by Crippen LogP contribution is 2.06. The largest absolute Gasteiger partial charge is 0.354 e. The molecule has 1 N–H and O–H groups in total. The van der Waals surface area contributed by atoms with E-state index in [1.54, 1.807) is 20.4 Å². The fraction of sp³-hybridized carbons (Fsp3) is 0.700. The molecule has 86 valence electrons. The molecule has 5 heteroatoms. The Hall–Kier alpha value is -0.910. The summed E-state index contributed by atoms with van der Waals surface area (Å²) in [4.78, 5) is 4.27. The third-order valence-corrected chi connectivity index (χ3v) is 2.49. The van der Waals surface area contributed by atoms with Crippen LogP contribution in [0.15, 0.2) is 12.4 Å². The maximum absolute atomic E-state index is 5.22. The van der Waals surface area contributed by atoms with Crippen molar-refractivity contribution in [3.05, 3.63) is 18.2 Å². The van der Waals surface area contributed by atoms with Crippen molar-refractivity contribution < 1.29 is 9.47 Å². The van der Waals surface area contributed by atoms with Crippen molar-refractivity contribution in [3.63, 3.8) is 0 Å². The molecular weight excluding hydrogens is 194 g/mol. The third kappa shape index (κ3) is 3.02. The summed E-state index contributed by atoms with van der Waals surface area (Å²) in [6.07, 6.45) is 4.23. The van der Waals surface area contributed by atoms with Gasteiger partial charge in [-0.2, -0.15) is 0 Å². The van der Waals surface area contributed by atoms with E-state index in [1.165, 1.54) is 0 Å². The number of ether oxygens (including phenoxy) is 2. The number of imidazole rings is 1. The highest BCUT2D eigenvalue weighted by atomic mass is 16.7. The molecule has 1 unspecified atom stereocenters. The van der Waals surface area contributed by atoms with E-state index in [0.29, 0.717) is 0 Å². The summed E-state index contributed by atoms with van der Waals surface area (Å²) in [5.74, 6) is 1.01. The quantitative estimate of drug-likeness (QED) is 0.684. The number of hydrogen-bond donors (Lipinski definition) is 1. The van der Waals surface area contributed by atoms with Gasteiger partial charge in [0, 0.05) is 40.1 Å². The molecule has 1 rings (SSSR count). The van der Waals surface area contributed by atoms with Crippen LogP contribution in [0.1, 0.15) is 5.82 Å². The molecule has 1 heterocycles. The first-order valence-electron chi connectivity index (χ1n) is 4.92. The van der Waals surface area contributed by atoms with Crippen LogP contribution in [0.4, 0.5) is 0 Å². The van der Waals surface area contributed by atoms with Gasteiger partial charge in [0.05, 0.1) is 6.04 Å². The first-order chi connectivity index (χ1) is 7.22.